The lowest BCUT2D eigenvalue weighted by Crippen LogP contribution is -1.99. The second-order valence-electron chi connectivity index (χ2n) is 3.02. The second kappa shape index (κ2) is 6.26. The fourth-order valence-corrected chi connectivity index (χ4v) is 1.99. The molecule has 7 heteroatoms. The van der Waals surface area contributed by atoms with Crippen molar-refractivity contribution < 1.29 is 22.9 Å². The van der Waals surface area contributed by atoms with Crippen molar-refractivity contribution in [2.45, 2.75) is 5.88 Å². The molecule has 0 aromatic heterocycles. The van der Waals surface area contributed by atoms with Gasteiger partial charge >= 0.3 is 7.82 Å². The second-order valence-corrected chi connectivity index (χ2v) is 5.10. The Morgan fingerprint density at radius 2 is 1.82 bits per heavy atom. The summed E-state index contributed by atoms with van der Waals surface area (Å²) in [5, 5.41) is 0. The molecular weight excluding hydrogens is 267 g/mol. The molecule has 0 atom stereocenters. The molecule has 0 saturated carbocycles. The van der Waals surface area contributed by atoms with Crippen LogP contribution in [0.4, 0.5) is 0 Å². The van der Waals surface area contributed by atoms with E-state index in [1.807, 2.05) is 0 Å². The zero-order chi connectivity index (χ0) is 12.9. The van der Waals surface area contributed by atoms with Crippen molar-refractivity contribution in [1.82, 2.24) is 0 Å². The molecule has 1 aromatic carbocycles. The van der Waals surface area contributed by atoms with Gasteiger partial charge in [-0.2, -0.15) is 0 Å². The predicted octanol–water partition coefficient (Wildman–Crippen LogP) is 3.21. The molecule has 1 aromatic rings. The molecule has 0 saturated heterocycles. The van der Waals surface area contributed by atoms with E-state index in [0.717, 1.165) is 5.56 Å². The van der Waals surface area contributed by atoms with Gasteiger partial charge in [-0.25, -0.2) is 4.57 Å². The Morgan fingerprint density at radius 1 is 1.18 bits per heavy atom. The third-order valence-corrected chi connectivity index (χ3v) is 3.66. The Morgan fingerprint density at radius 3 is 2.29 bits per heavy atom. The summed E-state index contributed by atoms with van der Waals surface area (Å²) in [6, 6.07) is 5.07. The Kier molecular flexibility index (Phi) is 5.28. The topological polar surface area (TPSA) is 54.0 Å². The Labute approximate surface area is 105 Å². The van der Waals surface area contributed by atoms with Gasteiger partial charge in [0, 0.05) is 20.1 Å². The molecule has 0 aliphatic carbocycles. The van der Waals surface area contributed by atoms with Gasteiger partial charge in [0.1, 0.15) is 0 Å². The van der Waals surface area contributed by atoms with Crippen molar-refractivity contribution >= 4 is 19.4 Å². The summed E-state index contributed by atoms with van der Waals surface area (Å²) in [5.74, 6) is 0.996. The normalized spacial score (nSPS) is 11.3. The van der Waals surface area contributed by atoms with Gasteiger partial charge in [0.15, 0.2) is 11.5 Å². The molecule has 96 valence electrons. The summed E-state index contributed by atoms with van der Waals surface area (Å²) in [5.41, 5.74) is 0.807. The number of hydrogen-bond acceptors (Lipinski definition) is 5. The molecule has 0 N–H and O–H groups in total. The van der Waals surface area contributed by atoms with Crippen molar-refractivity contribution in [3.8, 4) is 11.5 Å². The van der Waals surface area contributed by atoms with Gasteiger partial charge in [0.2, 0.25) is 0 Å². The molecular formula is C10H14ClO5P. The maximum absolute atomic E-state index is 11.8. The fourth-order valence-electron chi connectivity index (χ4n) is 1.15. The third-order valence-electron chi connectivity index (χ3n) is 2.04. The van der Waals surface area contributed by atoms with E-state index >= 15 is 0 Å². The number of methoxy groups -OCH3 is 1. The number of benzene rings is 1. The summed E-state index contributed by atoms with van der Waals surface area (Å²) in [6.07, 6.45) is 0. The lowest BCUT2D eigenvalue weighted by Gasteiger charge is -2.16. The van der Waals surface area contributed by atoms with Gasteiger partial charge in [0.05, 0.1) is 7.11 Å². The molecule has 0 heterocycles. The van der Waals surface area contributed by atoms with Crippen molar-refractivity contribution in [3.63, 3.8) is 0 Å². The van der Waals surface area contributed by atoms with Crippen LogP contribution in [-0.4, -0.2) is 21.3 Å². The van der Waals surface area contributed by atoms with Gasteiger partial charge in [-0.15, -0.1) is 11.6 Å². The lowest BCUT2D eigenvalue weighted by atomic mass is 10.2. The van der Waals surface area contributed by atoms with Gasteiger partial charge in [-0.1, -0.05) is 6.07 Å². The number of rotatable bonds is 6. The van der Waals surface area contributed by atoms with Gasteiger partial charge < -0.3 is 9.26 Å². The zero-order valence-corrected chi connectivity index (χ0v) is 11.5. The highest BCUT2D eigenvalue weighted by Crippen LogP contribution is 2.50. The van der Waals surface area contributed by atoms with Crippen molar-refractivity contribution in [2.75, 3.05) is 21.3 Å². The first kappa shape index (κ1) is 14.3. The van der Waals surface area contributed by atoms with E-state index in [1.54, 1.807) is 18.2 Å². The molecule has 0 fully saturated rings. The molecule has 0 amide bonds. The minimum atomic E-state index is -3.60. The summed E-state index contributed by atoms with van der Waals surface area (Å²) in [4.78, 5) is 0. The summed E-state index contributed by atoms with van der Waals surface area (Å²) in [7, 11) is 0.359. The van der Waals surface area contributed by atoms with Crippen LogP contribution in [-0.2, 0) is 19.5 Å². The number of halogens is 1. The van der Waals surface area contributed by atoms with Crippen molar-refractivity contribution in [2.24, 2.45) is 0 Å². The van der Waals surface area contributed by atoms with Gasteiger partial charge in [-0.05, 0) is 17.7 Å². The van der Waals surface area contributed by atoms with Crippen LogP contribution in [0.5, 0.6) is 11.5 Å². The zero-order valence-electron chi connectivity index (χ0n) is 9.81. The van der Waals surface area contributed by atoms with Crippen LogP contribution >= 0.6 is 19.4 Å². The first-order valence-corrected chi connectivity index (χ1v) is 6.72. The molecule has 0 aliphatic heterocycles. The van der Waals surface area contributed by atoms with Gasteiger partial charge in [0.25, 0.3) is 0 Å². The highest BCUT2D eigenvalue weighted by atomic mass is 35.5. The Hall–Kier alpha value is -0.740. The van der Waals surface area contributed by atoms with Crippen LogP contribution in [0.3, 0.4) is 0 Å². The van der Waals surface area contributed by atoms with E-state index in [0.29, 0.717) is 11.6 Å². The largest absolute Gasteiger partial charge is 0.529 e. The average Bonchev–Trinajstić information content (AvgIpc) is 2.38. The van der Waals surface area contributed by atoms with Crippen LogP contribution in [0.25, 0.3) is 0 Å². The summed E-state index contributed by atoms with van der Waals surface area (Å²) >= 11 is 5.71. The third kappa shape index (κ3) is 3.61. The van der Waals surface area contributed by atoms with Crippen molar-refractivity contribution in [3.05, 3.63) is 23.8 Å². The number of phosphoric ester groups is 1. The van der Waals surface area contributed by atoms with E-state index in [4.69, 9.17) is 20.9 Å². The highest BCUT2D eigenvalue weighted by Gasteiger charge is 2.26. The SMILES string of the molecule is COc1ccc(CCl)cc1OP(=O)(OC)OC. The molecule has 1 rings (SSSR count). The molecule has 17 heavy (non-hydrogen) atoms. The molecule has 5 nitrogen and oxygen atoms in total. The maximum atomic E-state index is 11.8. The minimum absolute atomic E-state index is 0.262. The minimum Gasteiger partial charge on any atom is -0.493 e. The Balaban J connectivity index is 3.06. The van der Waals surface area contributed by atoms with Gasteiger partial charge in [-0.3, -0.25) is 9.05 Å². The van der Waals surface area contributed by atoms with Crippen LogP contribution in [0.2, 0.25) is 0 Å². The quantitative estimate of drug-likeness (QED) is 0.591. The number of hydrogen-bond donors (Lipinski definition) is 0. The summed E-state index contributed by atoms with van der Waals surface area (Å²) in [6.45, 7) is 0. The van der Waals surface area contributed by atoms with E-state index < -0.39 is 7.82 Å². The first-order chi connectivity index (χ1) is 8.08. The van der Waals surface area contributed by atoms with E-state index in [2.05, 4.69) is 9.05 Å². The monoisotopic (exact) mass is 280 g/mol. The molecule has 0 bridgehead atoms. The predicted molar refractivity (Wildman–Crippen MR) is 64.8 cm³/mol. The molecule has 0 spiro atoms. The summed E-state index contributed by atoms with van der Waals surface area (Å²) < 4.78 is 31.5. The smallest absolute Gasteiger partial charge is 0.493 e. The number of phosphoric acid groups is 1. The molecule has 0 radical (unpaired) electrons. The van der Waals surface area contributed by atoms with Crippen LogP contribution in [0, 0.1) is 0 Å². The van der Waals surface area contributed by atoms with E-state index in [-0.39, 0.29) is 5.75 Å². The fraction of sp³-hybridized carbons (Fsp3) is 0.400. The molecule has 0 aliphatic rings. The standard InChI is InChI=1S/C10H14ClO5P/c1-13-9-5-4-8(7-11)6-10(9)16-17(12,14-2)15-3/h4-6H,7H2,1-3H3. The van der Waals surface area contributed by atoms with Crippen LogP contribution < -0.4 is 9.26 Å². The number of ether oxygens (including phenoxy) is 1. The van der Waals surface area contributed by atoms with Crippen LogP contribution in [0.1, 0.15) is 5.56 Å². The van der Waals surface area contributed by atoms with E-state index in [1.165, 1.54) is 21.3 Å². The highest BCUT2D eigenvalue weighted by molar-refractivity contribution is 7.48. The van der Waals surface area contributed by atoms with E-state index in [9.17, 15) is 4.57 Å². The Bertz CT molecular complexity index is 415. The van der Waals surface area contributed by atoms with Crippen LogP contribution in [0.15, 0.2) is 18.2 Å². The maximum Gasteiger partial charge on any atom is 0.529 e. The average molecular weight is 281 g/mol. The molecule has 0 unspecified atom stereocenters. The number of alkyl halides is 1. The van der Waals surface area contributed by atoms with Crippen molar-refractivity contribution in [1.29, 1.82) is 0 Å². The lowest BCUT2D eigenvalue weighted by molar-refractivity contribution is 0.208. The first-order valence-electron chi connectivity index (χ1n) is 4.72.